The molecule has 1 aliphatic heterocycles. The van der Waals surface area contributed by atoms with Crippen molar-refractivity contribution in [3.8, 4) is 11.6 Å². The maximum absolute atomic E-state index is 12.9. The number of aromatic nitrogens is 2. The molecule has 1 aromatic carbocycles. The second-order valence-electron chi connectivity index (χ2n) is 5.67. The smallest absolute Gasteiger partial charge is 0.248 e. The van der Waals surface area contributed by atoms with Crippen LogP contribution < -0.4 is 15.4 Å². The van der Waals surface area contributed by atoms with Crippen molar-refractivity contribution in [1.29, 1.82) is 0 Å². The maximum Gasteiger partial charge on any atom is 0.248 e. The number of hydrogen-bond donors (Lipinski definition) is 1. The maximum atomic E-state index is 12.9. The SMILES string of the molecule is CC1CCCN(c2ncnc(Oc3ccc(F)cc3)c2N)C1. The lowest BCUT2D eigenvalue weighted by Gasteiger charge is -2.32. The Labute approximate surface area is 128 Å². The fraction of sp³-hybridized carbons (Fsp3) is 0.375. The number of piperidine rings is 1. The van der Waals surface area contributed by atoms with E-state index in [0.29, 0.717) is 29.1 Å². The van der Waals surface area contributed by atoms with E-state index in [2.05, 4.69) is 21.8 Å². The van der Waals surface area contributed by atoms with E-state index >= 15 is 0 Å². The van der Waals surface area contributed by atoms with Gasteiger partial charge in [-0.3, -0.25) is 0 Å². The highest BCUT2D eigenvalue weighted by atomic mass is 19.1. The number of nitrogens with zero attached hydrogens (tertiary/aromatic N) is 3. The second kappa shape index (κ2) is 6.17. The minimum absolute atomic E-state index is 0.301. The number of benzene rings is 1. The number of anilines is 2. The topological polar surface area (TPSA) is 64.3 Å². The highest BCUT2D eigenvalue weighted by Gasteiger charge is 2.21. The summed E-state index contributed by atoms with van der Waals surface area (Å²) in [7, 11) is 0. The van der Waals surface area contributed by atoms with Gasteiger partial charge in [-0.25, -0.2) is 9.37 Å². The Balaban J connectivity index is 1.83. The third-order valence-electron chi connectivity index (χ3n) is 3.81. The van der Waals surface area contributed by atoms with Crippen LogP contribution in [-0.2, 0) is 0 Å². The van der Waals surface area contributed by atoms with E-state index in [1.54, 1.807) is 12.1 Å². The molecule has 0 bridgehead atoms. The lowest BCUT2D eigenvalue weighted by Crippen LogP contribution is -2.35. The molecule has 1 unspecified atom stereocenters. The van der Waals surface area contributed by atoms with Crippen molar-refractivity contribution in [3.05, 3.63) is 36.4 Å². The summed E-state index contributed by atoms with van der Waals surface area (Å²) in [4.78, 5) is 10.6. The molecule has 116 valence electrons. The Morgan fingerprint density at radius 2 is 2.05 bits per heavy atom. The van der Waals surface area contributed by atoms with Gasteiger partial charge in [-0.1, -0.05) is 6.92 Å². The zero-order valence-electron chi connectivity index (χ0n) is 12.5. The first-order valence-electron chi connectivity index (χ1n) is 7.42. The summed E-state index contributed by atoms with van der Waals surface area (Å²) in [5.41, 5.74) is 6.59. The molecule has 2 heterocycles. The van der Waals surface area contributed by atoms with Crippen LogP contribution in [0.1, 0.15) is 19.8 Å². The zero-order chi connectivity index (χ0) is 15.5. The van der Waals surface area contributed by atoms with Gasteiger partial charge in [0.1, 0.15) is 23.6 Å². The Kier molecular flexibility index (Phi) is 4.09. The van der Waals surface area contributed by atoms with E-state index in [1.807, 2.05) is 0 Å². The molecule has 0 saturated carbocycles. The van der Waals surface area contributed by atoms with Crippen molar-refractivity contribution in [2.45, 2.75) is 19.8 Å². The number of nitrogens with two attached hydrogens (primary N) is 1. The van der Waals surface area contributed by atoms with Gasteiger partial charge < -0.3 is 15.4 Å². The summed E-state index contributed by atoms with van der Waals surface area (Å²) in [5.74, 6) is 1.80. The lowest BCUT2D eigenvalue weighted by molar-refractivity contribution is 0.441. The largest absolute Gasteiger partial charge is 0.437 e. The number of nitrogen functional groups attached to an aromatic ring is 1. The van der Waals surface area contributed by atoms with Gasteiger partial charge in [-0.15, -0.1) is 0 Å². The van der Waals surface area contributed by atoms with E-state index in [9.17, 15) is 4.39 Å². The highest BCUT2D eigenvalue weighted by Crippen LogP contribution is 2.33. The van der Waals surface area contributed by atoms with Crippen LogP contribution in [0.25, 0.3) is 0 Å². The molecule has 0 amide bonds. The number of ether oxygens (including phenoxy) is 1. The third kappa shape index (κ3) is 3.10. The molecule has 1 atom stereocenters. The Morgan fingerprint density at radius 3 is 2.77 bits per heavy atom. The Morgan fingerprint density at radius 1 is 1.27 bits per heavy atom. The van der Waals surface area contributed by atoms with Crippen molar-refractivity contribution in [3.63, 3.8) is 0 Å². The Bertz CT molecular complexity index is 647. The molecule has 1 saturated heterocycles. The first-order valence-corrected chi connectivity index (χ1v) is 7.42. The summed E-state index contributed by atoms with van der Waals surface area (Å²) in [5, 5.41) is 0. The molecule has 0 radical (unpaired) electrons. The van der Waals surface area contributed by atoms with Crippen LogP contribution in [0.4, 0.5) is 15.9 Å². The van der Waals surface area contributed by atoms with Crippen LogP contribution >= 0.6 is 0 Å². The van der Waals surface area contributed by atoms with E-state index in [1.165, 1.54) is 24.9 Å². The monoisotopic (exact) mass is 302 g/mol. The summed E-state index contributed by atoms with van der Waals surface area (Å²) in [6.07, 6.45) is 3.79. The number of rotatable bonds is 3. The average molecular weight is 302 g/mol. The molecule has 0 aliphatic carbocycles. The van der Waals surface area contributed by atoms with Crippen LogP contribution in [0.2, 0.25) is 0 Å². The van der Waals surface area contributed by atoms with Crippen LogP contribution in [0.3, 0.4) is 0 Å². The van der Waals surface area contributed by atoms with E-state index < -0.39 is 0 Å². The van der Waals surface area contributed by atoms with Crippen LogP contribution in [0, 0.1) is 11.7 Å². The molecule has 0 spiro atoms. The molecular weight excluding hydrogens is 283 g/mol. The molecule has 2 aromatic rings. The molecule has 1 fully saturated rings. The van der Waals surface area contributed by atoms with Gasteiger partial charge in [0.05, 0.1) is 0 Å². The first-order chi connectivity index (χ1) is 10.6. The highest BCUT2D eigenvalue weighted by molar-refractivity contribution is 5.68. The standard InChI is InChI=1S/C16H19FN4O/c1-11-3-2-8-21(9-11)15-14(18)16(20-10-19-15)22-13-6-4-12(17)5-7-13/h4-7,10-11H,2-3,8-9,18H2,1H3. The molecular formula is C16H19FN4O. The van der Waals surface area contributed by atoms with Crippen molar-refractivity contribution >= 4 is 11.5 Å². The van der Waals surface area contributed by atoms with Crippen molar-refractivity contribution in [2.75, 3.05) is 23.7 Å². The predicted molar refractivity (Wildman–Crippen MR) is 83.5 cm³/mol. The second-order valence-corrected chi connectivity index (χ2v) is 5.67. The predicted octanol–water partition coefficient (Wildman–Crippen LogP) is 3.23. The minimum Gasteiger partial charge on any atom is -0.437 e. The van der Waals surface area contributed by atoms with Gasteiger partial charge in [-0.05, 0) is 43.0 Å². The summed E-state index contributed by atoms with van der Waals surface area (Å²) in [6.45, 7) is 4.08. The summed E-state index contributed by atoms with van der Waals surface area (Å²) in [6, 6.07) is 5.75. The quantitative estimate of drug-likeness (QED) is 0.943. The van der Waals surface area contributed by atoms with E-state index in [0.717, 1.165) is 19.5 Å². The number of halogens is 1. The molecule has 6 heteroatoms. The van der Waals surface area contributed by atoms with Gasteiger partial charge in [-0.2, -0.15) is 4.98 Å². The summed E-state index contributed by atoms with van der Waals surface area (Å²) < 4.78 is 18.6. The van der Waals surface area contributed by atoms with Gasteiger partial charge in [0.2, 0.25) is 5.88 Å². The van der Waals surface area contributed by atoms with Crippen molar-refractivity contribution in [2.24, 2.45) is 5.92 Å². The minimum atomic E-state index is -0.314. The van der Waals surface area contributed by atoms with Gasteiger partial charge in [0, 0.05) is 13.1 Å². The van der Waals surface area contributed by atoms with Crippen LogP contribution in [0.5, 0.6) is 11.6 Å². The average Bonchev–Trinajstić information content (AvgIpc) is 2.51. The van der Waals surface area contributed by atoms with Gasteiger partial charge >= 0.3 is 0 Å². The third-order valence-corrected chi connectivity index (χ3v) is 3.81. The van der Waals surface area contributed by atoms with Crippen LogP contribution in [-0.4, -0.2) is 23.1 Å². The fourth-order valence-corrected chi connectivity index (χ4v) is 2.70. The number of hydrogen-bond acceptors (Lipinski definition) is 5. The molecule has 22 heavy (non-hydrogen) atoms. The van der Waals surface area contributed by atoms with Gasteiger partial charge in [0.25, 0.3) is 0 Å². The van der Waals surface area contributed by atoms with E-state index in [-0.39, 0.29) is 5.82 Å². The fourth-order valence-electron chi connectivity index (χ4n) is 2.70. The van der Waals surface area contributed by atoms with Crippen LogP contribution in [0.15, 0.2) is 30.6 Å². The molecule has 2 N–H and O–H groups in total. The molecule has 5 nitrogen and oxygen atoms in total. The first kappa shape index (κ1) is 14.6. The molecule has 1 aromatic heterocycles. The summed E-state index contributed by atoms with van der Waals surface area (Å²) >= 11 is 0. The normalized spacial score (nSPS) is 18.3. The molecule has 3 rings (SSSR count). The zero-order valence-corrected chi connectivity index (χ0v) is 12.5. The van der Waals surface area contributed by atoms with E-state index in [4.69, 9.17) is 10.5 Å². The van der Waals surface area contributed by atoms with Gasteiger partial charge in [0.15, 0.2) is 5.82 Å². The van der Waals surface area contributed by atoms with Crippen molar-refractivity contribution < 1.29 is 9.13 Å². The van der Waals surface area contributed by atoms with Crippen molar-refractivity contribution in [1.82, 2.24) is 9.97 Å². The molecule has 1 aliphatic rings. The Hall–Kier alpha value is -2.37. The lowest BCUT2D eigenvalue weighted by atomic mass is 10.0.